The number of rotatable bonds is 5. The molecular formula is C21H23F2N3O4S. The van der Waals surface area contributed by atoms with Gasteiger partial charge in [0, 0.05) is 44.4 Å². The summed E-state index contributed by atoms with van der Waals surface area (Å²) >= 11 is 0. The number of benzene rings is 2. The maximum atomic E-state index is 13.9. The molecule has 1 N–H and O–H groups in total. The normalized spacial score (nSPS) is 15.5. The molecule has 0 aliphatic carbocycles. The third-order valence-corrected chi connectivity index (χ3v) is 7.24. The molecule has 1 aliphatic heterocycles. The standard InChI is InChI=1S/C21H23F2N3O4S/c1-14(27)25(2)18-6-4-17(5-7-18)24-21(28)15-9-11-26(12-10-15)31(29,30)20-13-16(22)3-8-19(20)23/h3-8,13,15H,9-12H2,1-2H3,(H,24,28). The maximum Gasteiger partial charge on any atom is 0.246 e. The molecule has 7 nitrogen and oxygen atoms in total. The zero-order valence-electron chi connectivity index (χ0n) is 17.1. The molecule has 2 aromatic carbocycles. The van der Waals surface area contributed by atoms with Gasteiger partial charge in [-0.15, -0.1) is 0 Å². The molecule has 0 aromatic heterocycles. The lowest BCUT2D eigenvalue weighted by Crippen LogP contribution is -2.41. The van der Waals surface area contributed by atoms with Gasteiger partial charge in [0.1, 0.15) is 16.5 Å². The summed E-state index contributed by atoms with van der Waals surface area (Å²) in [6.45, 7) is 1.50. The Morgan fingerprint density at radius 1 is 1.06 bits per heavy atom. The highest BCUT2D eigenvalue weighted by atomic mass is 32.2. The summed E-state index contributed by atoms with van der Waals surface area (Å²) in [6.07, 6.45) is 0.514. The predicted octanol–water partition coefficient (Wildman–Crippen LogP) is 2.99. The summed E-state index contributed by atoms with van der Waals surface area (Å²) in [5.41, 5.74) is 1.25. The van der Waals surface area contributed by atoms with Crippen molar-refractivity contribution in [3.8, 4) is 0 Å². The Balaban J connectivity index is 1.61. The molecule has 2 aromatic rings. The molecular weight excluding hydrogens is 428 g/mol. The zero-order chi connectivity index (χ0) is 22.8. The van der Waals surface area contributed by atoms with Crippen LogP contribution in [0.4, 0.5) is 20.2 Å². The van der Waals surface area contributed by atoms with Gasteiger partial charge in [-0.05, 0) is 55.3 Å². The average Bonchev–Trinajstić information content (AvgIpc) is 2.75. The SMILES string of the molecule is CC(=O)N(C)c1ccc(NC(=O)C2CCN(S(=O)(=O)c3cc(F)ccc3F)CC2)cc1. The summed E-state index contributed by atoms with van der Waals surface area (Å²) < 4.78 is 53.7. The molecule has 0 spiro atoms. The highest BCUT2D eigenvalue weighted by Crippen LogP contribution is 2.27. The Kier molecular flexibility index (Phi) is 6.71. The average molecular weight is 451 g/mol. The third-order valence-electron chi connectivity index (χ3n) is 5.33. The van der Waals surface area contributed by atoms with Crippen molar-refractivity contribution in [3.05, 3.63) is 54.1 Å². The number of nitrogens with one attached hydrogen (secondary N) is 1. The van der Waals surface area contributed by atoms with E-state index in [1.54, 1.807) is 31.3 Å². The van der Waals surface area contributed by atoms with E-state index >= 15 is 0 Å². The Labute approximate surface area is 179 Å². The van der Waals surface area contributed by atoms with E-state index in [2.05, 4.69) is 5.32 Å². The van der Waals surface area contributed by atoms with Crippen LogP contribution in [0.2, 0.25) is 0 Å². The van der Waals surface area contributed by atoms with Crippen LogP contribution in [0.5, 0.6) is 0 Å². The molecule has 0 unspecified atom stereocenters. The molecule has 0 bridgehead atoms. The first-order chi connectivity index (χ1) is 14.6. The fourth-order valence-electron chi connectivity index (χ4n) is 3.37. The minimum absolute atomic E-state index is 0.0265. The Morgan fingerprint density at radius 2 is 1.68 bits per heavy atom. The summed E-state index contributed by atoms with van der Waals surface area (Å²) in [5.74, 6) is -2.63. The molecule has 0 atom stereocenters. The van der Waals surface area contributed by atoms with Gasteiger partial charge in [0.25, 0.3) is 0 Å². The van der Waals surface area contributed by atoms with Gasteiger partial charge in [0.05, 0.1) is 0 Å². The Bertz CT molecular complexity index is 1080. The smallest absolute Gasteiger partial charge is 0.246 e. The molecule has 0 radical (unpaired) electrons. The van der Waals surface area contributed by atoms with Crippen molar-refractivity contribution < 1.29 is 26.8 Å². The third kappa shape index (κ3) is 5.08. The largest absolute Gasteiger partial charge is 0.326 e. The van der Waals surface area contributed by atoms with Gasteiger partial charge in [0.2, 0.25) is 21.8 Å². The minimum atomic E-state index is -4.19. The molecule has 0 saturated carbocycles. The molecule has 1 heterocycles. The molecule has 1 aliphatic rings. The lowest BCUT2D eigenvalue weighted by molar-refractivity contribution is -0.121. The fourth-order valence-corrected chi connectivity index (χ4v) is 4.91. The van der Waals surface area contributed by atoms with Gasteiger partial charge in [-0.25, -0.2) is 17.2 Å². The number of sulfonamides is 1. The lowest BCUT2D eigenvalue weighted by Gasteiger charge is -2.30. The van der Waals surface area contributed by atoms with Crippen molar-refractivity contribution in [1.82, 2.24) is 4.31 Å². The number of hydrogen-bond acceptors (Lipinski definition) is 4. The second-order valence-corrected chi connectivity index (χ2v) is 9.27. The van der Waals surface area contributed by atoms with Gasteiger partial charge in [-0.3, -0.25) is 9.59 Å². The van der Waals surface area contributed by atoms with Crippen LogP contribution in [0.25, 0.3) is 0 Å². The highest BCUT2D eigenvalue weighted by molar-refractivity contribution is 7.89. The van der Waals surface area contributed by atoms with Crippen LogP contribution >= 0.6 is 0 Å². The first-order valence-electron chi connectivity index (χ1n) is 9.70. The summed E-state index contributed by atoms with van der Waals surface area (Å²) in [6, 6.07) is 9.07. The number of halogens is 2. The lowest BCUT2D eigenvalue weighted by atomic mass is 9.97. The Hall–Kier alpha value is -2.85. The minimum Gasteiger partial charge on any atom is -0.326 e. The molecule has 3 rings (SSSR count). The van der Waals surface area contributed by atoms with Crippen LogP contribution in [0.15, 0.2) is 47.4 Å². The van der Waals surface area contributed by atoms with E-state index in [1.165, 1.54) is 11.8 Å². The van der Waals surface area contributed by atoms with Crippen LogP contribution in [-0.2, 0) is 19.6 Å². The quantitative estimate of drug-likeness (QED) is 0.757. The maximum absolute atomic E-state index is 13.9. The van der Waals surface area contributed by atoms with Crippen molar-refractivity contribution in [3.63, 3.8) is 0 Å². The first kappa shape index (κ1) is 22.8. The highest BCUT2D eigenvalue weighted by Gasteiger charge is 2.33. The van der Waals surface area contributed by atoms with Crippen molar-refractivity contribution in [1.29, 1.82) is 0 Å². The molecule has 1 fully saturated rings. The molecule has 166 valence electrons. The van der Waals surface area contributed by atoms with E-state index in [0.717, 1.165) is 16.4 Å². The monoisotopic (exact) mass is 451 g/mol. The van der Waals surface area contributed by atoms with Gasteiger partial charge in [-0.1, -0.05) is 0 Å². The van der Waals surface area contributed by atoms with E-state index < -0.39 is 32.5 Å². The van der Waals surface area contributed by atoms with E-state index in [4.69, 9.17) is 0 Å². The van der Waals surface area contributed by atoms with Crippen LogP contribution < -0.4 is 10.2 Å². The van der Waals surface area contributed by atoms with E-state index in [0.29, 0.717) is 17.4 Å². The van der Waals surface area contributed by atoms with Crippen LogP contribution in [-0.4, -0.2) is 44.7 Å². The van der Waals surface area contributed by atoms with Gasteiger partial charge < -0.3 is 10.2 Å². The second-order valence-electron chi connectivity index (χ2n) is 7.37. The predicted molar refractivity (Wildman–Crippen MR) is 112 cm³/mol. The van der Waals surface area contributed by atoms with Gasteiger partial charge in [-0.2, -0.15) is 4.31 Å². The Morgan fingerprint density at radius 3 is 2.26 bits per heavy atom. The summed E-state index contributed by atoms with van der Waals surface area (Å²) in [7, 11) is -2.54. The van der Waals surface area contributed by atoms with Crippen LogP contribution in [0.3, 0.4) is 0 Å². The van der Waals surface area contributed by atoms with Crippen LogP contribution in [0, 0.1) is 17.6 Å². The number of carbonyl (C=O) groups is 2. The van der Waals surface area contributed by atoms with Crippen molar-refractivity contribution in [2.45, 2.75) is 24.7 Å². The van der Waals surface area contributed by atoms with Crippen molar-refractivity contribution in [2.75, 3.05) is 30.4 Å². The van der Waals surface area contributed by atoms with E-state index in [-0.39, 0.29) is 37.7 Å². The number of carbonyl (C=O) groups excluding carboxylic acids is 2. The number of hydrogen-bond donors (Lipinski definition) is 1. The van der Waals surface area contributed by atoms with Crippen molar-refractivity contribution >= 4 is 33.2 Å². The van der Waals surface area contributed by atoms with Gasteiger partial charge in [0.15, 0.2) is 0 Å². The van der Waals surface area contributed by atoms with E-state index in [1.807, 2.05) is 0 Å². The molecule has 2 amide bonds. The molecule has 31 heavy (non-hydrogen) atoms. The van der Waals surface area contributed by atoms with Gasteiger partial charge >= 0.3 is 0 Å². The van der Waals surface area contributed by atoms with Crippen LogP contribution in [0.1, 0.15) is 19.8 Å². The summed E-state index contributed by atoms with van der Waals surface area (Å²) in [5, 5.41) is 2.79. The number of nitrogens with zero attached hydrogens (tertiary/aromatic N) is 2. The van der Waals surface area contributed by atoms with Crippen molar-refractivity contribution in [2.24, 2.45) is 5.92 Å². The molecule has 1 saturated heterocycles. The van der Waals surface area contributed by atoms with E-state index in [9.17, 15) is 26.8 Å². The zero-order valence-corrected chi connectivity index (χ0v) is 18.0. The topological polar surface area (TPSA) is 86.8 Å². The fraction of sp³-hybridized carbons (Fsp3) is 0.333. The molecule has 10 heteroatoms. The number of amides is 2. The second kappa shape index (κ2) is 9.11. The first-order valence-corrected chi connectivity index (χ1v) is 11.1. The number of piperidine rings is 1. The number of anilines is 2. The summed E-state index contributed by atoms with van der Waals surface area (Å²) in [4.78, 5) is 24.7.